The largest absolute Gasteiger partial charge is 0.477 e. The molecule has 2 heterocycles. The minimum atomic E-state index is -1.23. The van der Waals surface area contributed by atoms with Gasteiger partial charge in [-0.2, -0.15) is 0 Å². The maximum atomic E-state index is 13.3. The Hall–Kier alpha value is -6.15. The molecule has 2 saturated carbocycles. The Morgan fingerprint density at radius 2 is 1.15 bits per heavy atom. The molecule has 4 atom stereocenters. The molecule has 0 unspecified atom stereocenters. The highest BCUT2D eigenvalue weighted by Gasteiger charge is 2.35. The maximum Gasteiger partial charge on any atom is 0.354 e. The van der Waals surface area contributed by atoms with Crippen LogP contribution in [0.15, 0.2) is 116 Å². The zero-order valence-electron chi connectivity index (χ0n) is 32.8. The summed E-state index contributed by atoms with van der Waals surface area (Å²) < 4.78 is 26.3. The van der Waals surface area contributed by atoms with Gasteiger partial charge in [-0.25, -0.2) is 18.6 Å². The van der Waals surface area contributed by atoms with Crippen molar-refractivity contribution in [2.75, 3.05) is 0 Å². The Labute approximate surface area is 362 Å². The molecule has 2 aliphatic carbocycles. The molecule has 2 aromatic heterocycles. The van der Waals surface area contributed by atoms with Crippen LogP contribution >= 0.6 is 23.2 Å². The van der Waals surface area contributed by atoms with Crippen molar-refractivity contribution in [2.24, 2.45) is 0 Å². The van der Waals surface area contributed by atoms with Crippen LogP contribution in [0.25, 0.3) is 0 Å². The molecule has 5 aromatic rings. The third-order valence-corrected chi connectivity index (χ3v) is 10.1. The Morgan fingerprint density at radius 1 is 0.639 bits per heavy atom. The second-order valence-corrected chi connectivity index (χ2v) is 15.4. The summed E-state index contributed by atoms with van der Waals surface area (Å²) in [5.41, 5.74) is -0.383. The zero-order valence-corrected chi connectivity index (χ0v) is 34.3. The van der Waals surface area contributed by atoms with Crippen molar-refractivity contribution in [3.63, 3.8) is 0 Å². The summed E-state index contributed by atoms with van der Waals surface area (Å²) in [6.45, 7) is 0. The molecule has 14 heteroatoms. The molecule has 2 amide bonds. The van der Waals surface area contributed by atoms with E-state index in [-0.39, 0.29) is 35.7 Å². The summed E-state index contributed by atoms with van der Waals surface area (Å²) >= 11 is 11.9. The molecule has 7 rings (SSSR count). The lowest BCUT2D eigenvalue weighted by molar-refractivity contribution is 0.0443. The van der Waals surface area contributed by atoms with Gasteiger partial charge in [-0.3, -0.25) is 14.6 Å². The second kappa shape index (κ2) is 21.9. The smallest absolute Gasteiger partial charge is 0.354 e. The molecule has 61 heavy (non-hydrogen) atoms. The highest BCUT2D eigenvalue weighted by atomic mass is 35.5. The fourth-order valence-electron chi connectivity index (χ4n) is 6.64. The van der Waals surface area contributed by atoms with Crippen molar-refractivity contribution in [2.45, 2.75) is 74.7 Å². The lowest BCUT2D eigenvalue weighted by Gasteiger charge is -2.33. The molecule has 2 aliphatic rings. The first-order chi connectivity index (χ1) is 29.2. The van der Waals surface area contributed by atoms with Gasteiger partial charge in [0.05, 0.1) is 0 Å². The molecule has 10 nitrogen and oxygen atoms in total. The summed E-state index contributed by atoms with van der Waals surface area (Å²) in [5.74, 6) is 7.97. The molecule has 0 radical (unpaired) electrons. The van der Waals surface area contributed by atoms with Crippen molar-refractivity contribution in [1.29, 1.82) is 0 Å². The van der Waals surface area contributed by atoms with Crippen LogP contribution in [0.1, 0.15) is 93.8 Å². The van der Waals surface area contributed by atoms with Crippen molar-refractivity contribution in [1.82, 2.24) is 20.6 Å². The SMILES string of the molecule is O=C(N[C@@H]1CCC[C@](O)(C#Cc2cccc(Cl)c2)C1)c1ccc(F)c(F)c1.O=C(N[C@H]1CCC[C@@](O)(C#Cc2cccc(Cl)c2)C1)c1ccccn1.O=C(O)c1ccccn1. The fraction of sp³-hybridized carbons (Fsp3) is 0.255. The van der Waals surface area contributed by atoms with E-state index < -0.39 is 34.7 Å². The molecule has 0 saturated heterocycles. The zero-order chi connectivity index (χ0) is 43.8. The first kappa shape index (κ1) is 45.9. The van der Waals surface area contributed by atoms with Gasteiger partial charge in [0.1, 0.15) is 22.6 Å². The van der Waals surface area contributed by atoms with Crippen LogP contribution < -0.4 is 10.6 Å². The predicted octanol–water partition coefficient (Wildman–Crippen LogP) is 8.04. The van der Waals surface area contributed by atoms with Gasteiger partial charge in [0.25, 0.3) is 11.8 Å². The van der Waals surface area contributed by atoms with E-state index in [0.717, 1.165) is 30.5 Å². The number of rotatable bonds is 5. The Bertz CT molecular complexity index is 2440. The topological polar surface area (TPSA) is 162 Å². The lowest BCUT2D eigenvalue weighted by atomic mass is 9.82. The van der Waals surface area contributed by atoms with Gasteiger partial charge in [-0.15, -0.1) is 0 Å². The summed E-state index contributed by atoms with van der Waals surface area (Å²) in [4.78, 5) is 42.3. The number of carboxylic acid groups (broad SMARTS) is 1. The second-order valence-electron chi connectivity index (χ2n) is 14.5. The average Bonchev–Trinajstić information content (AvgIpc) is 3.24. The lowest BCUT2D eigenvalue weighted by Crippen LogP contribution is -2.45. The standard InChI is InChI=1S/C21H18ClF2NO2.C20H19ClN2O2.C6H5NO2/c22-16-4-1-3-14(11-16)8-10-21(27)9-2-5-17(13-21)25-20(26)15-6-7-18(23)19(24)12-15;21-16-6-3-5-15(13-16)9-11-20(25)10-4-7-17(14-20)23-19(24)18-8-1-2-12-22-18;8-6(9)5-3-1-2-4-7-5/h1,3-4,6-7,11-12,17,27H,2,5,9,13H2,(H,25,26);1-3,5-6,8,12-13,17,25H,4,7,10,14H2,(H,23,24);1-4H,(H,8,9)/t17-,21+;17-,20+;/m10./s1. The highest BCUT2D eigenvalue weighted by molar-refractivity contribution is 6.31. The average molecular weight is 868 g/mol. The summed E-state index contributed by atoms with van der Waals surface area (Å²) in [6.07, 6.45) is 7.77. The first-order valence-corrected chi connectivity index (χ1v) is 20.1. The number of benzene rings is 3. The van der Waals surface area contributed by atoms with Crippen molar-refractivity contribution in [3.05, 3.63) is 165 Å². The third kappa shape index (κ3) is 14.8. The first-order valence-electron chi connectivity index (χ1n) is 19.3. The monoisotopic (exact) mass is 866 g/mol. The van der Waals surface area contributed by atoms with E-state index in [9.17, 15) is 33.4 Å². The van der Waals surface area contributed by atoms with E-state index in [1.807, 2.05) is 12.1 Å². The summed E-state index contributed by atoms with van der Waals surface area (Å²) in [7, 11) is 0. The van der Waals surface area contributed by atoms with Gasteiger partial charge in [-0.1, -0.05) is 71.1 Å². The highest BCUT2D eigenvalue weighted by Crippen LogP contribution is 2.30. The van der Waals surface area contributed by atoms with Crippen molar-refractivity contribution in [3.8, 4) is 23.7 Å². The minimum Gasteiger partial charge on any atom is -0.477 e. The van der Waals surface area contributed by atoms with Gasteiger partial charge >= 0.3 is 5.97 Å². The van der Waals surface area contributed by atoms with Gasteiger partial charge in [0, 0.05) is 64.1 Å². The van der Waals surface area contributed by atoms with Gasteiger partial charge < -0.3 is 26.0 Å². The van der Waals surface area contributed by atoms with E-state index in [4.69, 9.17) is 28.3 Å². The molecule has 2 fully saturated rings. The van der Waals surface area contributed by atoms with Crippen molar-refractivity contribution >= 4 is 41.0 Å². The number of hydrogen-bond acceptors (Lipinski definition) is 7. The number of carbonyl (C=O) groups excluding carboxylic acids is 2. The van der Waals surface area contributed by atoms with E-state index in [0.29, 0.717) is 53.4 Å². The quantitative estimate of drug-likeness (QED) is 0.111. The predicted molar refractivity (Wildman–Crippen MR) is 228 cm³/mol. The Balaban J connectivity index is 0.000000192. The number of halogens is 4. The van der Waals surface area contributed by atoms with Crippen LogP contribution in [-0.4, -0.2) is 66.4 Å². The summed E-state index contributed by atoms with van der Waals surface area (Å²) in [6, 6.07) is 26.8. The van der Waals surface area contributed by atoms with E-state index in [2.05, 4.69) is 44.3 Å². The number of hydrogen-bond donors (Lipinski definition) is 5. The molecule has 314 valence electrons. The molecule has 0 spiro atoms. The number of aromatic carboxylic acids is 1. The summed E-state index contributed by atoms with van der Waals surface area (Å²) in [5, 5.41) is 36.8. The normalized spacial score (nSPS) is 20.2. The van der Waals surface area contributed by atoms with Crippen LogP contribution in [0.3, 0.4) is 0 Å². The number of nitrogens with one attached hydrogen (secondary N) is 2. The molecule has 0 bridgehead atoms. The maximum absolute atomic E-state index is 13.3. The van der Waals surface area contributed by atoms with Gasteiger partial charge in [0.15, 0.2) is 11.6 Å². The number of carboxylic acids is 1. The molecule has 3 aromatic carbocycles. The number of carbonyl (C=O) groups is 3. The van der Waals surface area contributed by atoms with E-state index >= 15 is 0 Å². The van der Waals surface area contributed by atoms with Crippen LogP contribution in [0.4, 0.5) is 8.78 Å². The number of aromatic nitrogens is 2. The molecule has 5 N–H and O–H groups in total. The Morgan fingerprint density at radius 3 is 1.59 bits per heavy atom. The number of aliphatic hydroxyl groups is 2. The number of pyridine rings is 2. The van der Waals surface area contributed by atoms with Gasteiger partial charge in [0.2, 0.25) is 0 Å². The van der Waals surface area contributed by atoms with E-state index in [1.54, 1.807) is 72.9 Å². The minimum absolute atomic E-state index is 0.0352. The Kier molecular flexibility index (Phi) is 16.5. The number of nitrogens with zero attached hydrogens (tertiary/aromatic N) is 2. The number of amides is 2. The van der Waals surface area contributed by atoms with Crippen LogP contribution in [0.5, 0.6) is 0 Å². The van der Waals surface area contributed by atoms with Crippen LogP contribution in [0, 0.1) is 35.3 Å². The fourth-order valence-corrected chi connectivity index (χ4v) is 7.02. The third-order valence-electron chi connectivity index (χ3n) is 9.62. The van der Waals surface area contributed by atoms with Crippen LogP contribution in [-0.2, 0) is 0 Å². The van der Waals surface area contributed by atoms with Crippen molar-refractivity contribution < 1.29 is 38.5 Å². The molecular formula is C47H42Cl2F2N4O6. The molecule has 0 aliphatic heterocycles. The molecular weight excluding hydrogens is 825 g/mol. The van der Waals surface area contributed by atoms with E-state index in [1.165, 1.54) is 18.3 Å². The van der Waals surface area contributed by atoms with Crippen LogP contribution in [0.2, 0.25) is 10.0 Å². The van der Waals surface area contributed by atoms with Gasteiger partial charge in [-0.05, 0) is 117 Å².